The van der Waals surface area contributed by atoms with Crippen LogP contribution in [0.4, 0.5) is 0 Å². The first kappa shape index (κ1) is 17.7. The number of carbonyl (C=O) groups is 3. The molecule has 6 heteroatoms. The van der Waals surface area contributed by atoms with Gasteiger partial charge in [0.2, 0.25) is 5.91 Å². The van der Waals surface area contributed by atoms with Gasteiger partial charge in [0.1, 0.15) is 12.0 Å². The zero-order valence-corrected chi connectivity index (χ0v) is 13.2. The van der Waals surface area contributed by atoms with Gasteiger partial charge in [-0.05, 0) is 38.1 Å². The molecule has 2 amide bonds. The predicted octanol–water partition coefficient (Wildman–Crippen LogP) is 1.20. The third kappa shape index (κ3) is 5.20. The summed E-state index contributed by atoms with van der Waals surface area (Å²) < 4.78 is 5.35. The van der Waals surface area contributed by atoms with Crippen molar-refractivity contribution in [2.45, 2.75) is 13.8 Å². The van der Waals surface area contributed by atoms with E-state index in [1.54, 1.807) is 36.2 Å². The minimum atomic E-state index is -0.278. The smallest absolute Gasteiger partial charge is 0.260 e. The largest absolute Gasteiger partial charge is 0.484 e. The quantitative estimate of drug-likeness (QED) is 0.677. The van der Waals surface area contributed by atoms with Gasteiger partial charge in [-0.15, -0.1) is 0 Å². The maximum atomic E-state index is 11.9. The van der Waals surface area contributed by atoms with E-state index >= 15 is 0 Å². The van der Waals surface area contributed by atoms with E-state index in [1.165, 1.54) is 4.90 Å². The lowest BCUT2D eigenvalue weighted by Crippen LogP contribution is -2.42. The Labute approximate surface area is 130 Å². The van der Waals surface area contributed by atoms with Gasteiger partial charge in [-0.3, -0.25) is 14.4 Å². The zero-order valence-electron chi connectivity index (χ0n) is 13.2. The number of ether oxygens (including phenoxy) is 1. The molecule has 0 aliphatic rings. The number of carbonyl (C=O) groups excluding carboxylic acids is 3. The number of likely N-dealkylation sites (N-methyl/N-ethyl adjacent to an activating group) is 2. The average molecular weight is 306 g/mol. The van der Waals surface area contributed by atoms with Gasteiger partial charge in [0.05, 0.1) is 6.54 Å². The molecule has 120 valence electrons. The summed E-state index contributed by atoms with van der Waals surface area (Å²) in [5, 5.41) is 0. The predicted molar refractivity (Wildman–Crippen MR) is 82.9 cm³/mol. The first-order valence-electron chi connectivity index (χ1n) is 7.21. The van der Waals surface area contributed by atoms with Gasteiger partial charge >= 0.3 is 0 Å². The van der Waals surface area contributed by atoms with Crippen LogP contribution in [0.15, 0.2) is 24.3 Å². The summed E-state index contributed by atoms with van der Waals surface area (Å²) in [6.45, 7) is 4.93. The van der Waals surface area contributed by atoms with E-state index in [2.05, 4.69) is 0 Å². The molecule has 0 atom stereocenters. The van der Waals surface area contributed by atoms with Crippen molar-refractivity contribution in [1.29, 1.82) is 0 Å². The molecule has 0 unspecified atom stereocenters. The third-order valence-corrected chi connectivity index (χ3v) is 3.29. The molecule has 1 aromatic rings. The lowest BCUT2D eigenvalue weighted by Gasteiger charge is -2.23. The molecule has 0 aliphatic carbocycles. The summed E-state index contributed by atoms with van der Waals surface area (Å²) in [6, 6.07) is 6.47. The van der Waals surface area contributed by atoms with E-state index in [1.807, 2.05) is 13.8 Å². The second-order valence-corrected chi connectivity index (χ2v) is 4.79. The number of hydrogen-bond acceptors (Lipinski definition) is 4. The van der Waals surface area contributed by atoms with Crippen LogP contribution in [0, 0.1) is 0 Å². The summed E-state index contributed by atoms with van der Waals surface area (Å²) in [7, 11) is 1.57. The highest BCUT2D eigenvalue weighted by Gasteiger charge is 2.16. The molecular formula is C16H22N2O4. The summed E-state index contributed by atoms with van der Waals surface area (Å²) in [5.41, 5.74) is 0.542. The second-order valence-electron chi connectivity index (χ2n) is 4.79. The Balaban J connectivity index is 2.46. The zero-order chi connectivity index (χ0) is 16.5. The summed E-state index contributed by atoms with van der Waals surface area (Å²) in [4.78, 5) is 37.4. The third-order valence-electron chi connectivity index (χ3n) is 3.29. The molecule has 0 bridgehead atoms. The molecule has 1 rings (SSSR count). The highest BCUT2D eigenvalue weighted by atomic mass is 16.5. The molecule has 0 aromatic heterocycles. The number of nitrogens with zero attached hydrogens (tertiary/aromatic N) is 2. The van der Waals surface area contributed by atoms with Crippen molar-refractivity contribution in [3.05, 3.63) is 29.8 Å². The normalized spacial score (nSPS) is 9.95. The molecule has 0 fully saturated rings. The van der Waals surface area contributed by atoms with E-state index in [0.29, 0.717) is 24.4 Å². The lowest BCUT2D eigenvalue weighted by molar-refractivity contribution is -0.140. The summed E-state index contributed by atoms with van der Waals surface area (Å²) in [5.74, 6) is 0.138. The van der Waals surface area contributed by atoms with Crippen LogP contribution in [0.2, 0.25) is 0 Å². The minimum Gasteiger partial charge on any atom is -0.484 e. The molecule has 22 heavy (non-hydrogen) atoms. The molecule has 0 N–H and O–H groups in total. The van der Waals surface area contributed by atoms with Crippen molar-refractivity contribution in [2.24, 2.45) is 0 Å². The Morgan fingerprint density at radius 2 is 1.68 bits per heavy atom. The van der Waals surface area contributed by atoms with Gasteiger partial charge in [0.15, 0.2) is 6.61 Å². The molecule has 0 saturated heterocycles. The van der Waals surface area contributed by atoms with Crippen molar-refractivity contribution < 1.29 is 19.1 Å². The fourth-order valence-electron chi connectivity index (χ4n) is 1.87. The summed E-state index contributed by atoms with van der Waals surface area (Å²) >= 11 is 0. The van der Waals surface area contributed by atoms with Crippen LogP contribution in [-0.2, 0) is 9.59 Å². The van der Waals surface area contributed by atoms with Crippen molar-refractivity contribution in [3.63, 3.8) is 0 Å². The van der Waals surface area contributed by atoms with E-state index in [0.717, 1.165) is 6.29 Å². The number of amides is 2. The fourth-order valence-corrected chi connectivity index (χ4v) is 1.87. The molecule has 0 heterocycles. The highest BCUT2D eigenvalue weighted by Crippen LogP contribution is 2.11. The fraction of sp³-hybridized carbons (Fsp3) is 0.438. The van der Waals surface area contributed by atoms with Crippen LogP contribution < -0.4 is 4.74 Å². The van der Waals surface area contributed by atoms with Gasteiger partial charge in [-0.25, -0.2) is 0 Å². The van der Waals surface area contributed by atoms with Crippen LogP contribution in [0.5, 0.6) is 5.75 Å². The Kier molecular flexibility index (Phi) is 7.08. The molecule has 1 aromatic carbocycles. The van der Waals surface area contributed by atoms with Crippen molar-refractivity contribution in [3.8, 4) is 5.75 Å². The van der Waals surface area contributed by atoms with Crippen LogP contribution >= 0.6 is 0 Å². The number of hydrogen-bond donors (Lipinski definition) is 0. The topological polar surface area (TPSA) is 66.9 Å². The van der Waals surface area contributed by atoms with Gasteiger partial charge in [-0.2, -0.15) is 0 Å². The Hall–Kier alpha value is -2.37. The van der Waals surface area contributed by atoms with E-state index < -0.39 is 0 Å². The van der Waals surface area contributed by atoms with E-state index in [9.17, 15) is 14.4 Å². The molecule has 0 spiro atoms. The minimum absolute atomic E-state index is 0.0357. The molecule has 0 radical (unpaired) electrons. The van der Waals surface area contributed by atoms with Crippen LogP contribution in [0.1, 0.15) is 24.2 Å². The van der Waals surface area contributed by atoms with Crippen molar-refractivity contribution in [1.82, 2.24) is 9.80 Å². The SMILES string of the molecule is CCN(CC)C(=O)CN(C)C(=O)COc1ccc(C=O)cc1. The van der Waals surface area contributed by atoms with Crippen LogP contribution in [0.3, 0.4) is 0 Å². The Morgan fingerprint density at radius 1 is 1.09 bits per heavy atom. The van der Waals surface area contributed by atoms with E-state index in [-0.39, 0.29) is 25.0 Å². The number of rotatable bonds is 8. The first-order chi connectivity index (χ1) is 10.5. The first-order valence-corrected chi connectivity index (χ1v) is 7.21. The highest BCUT2D eigenvalue weighted by molar-refractivity contribution is 5.85. The maximum absolute atomic E-state index is 11.9. The van der Waals surface area contributed by atoms with E-state index in [4.69, 9.17) is 4.74 Å². The van der Waals surface area contributed by atoms with Gasteiger partial charge in [0.25, 0.3) is 5.91 Å². The van der Waals surface area contributed by atoms with Crippen molar-refractivity contribution in [2.75, 3.05) is 33.3 Å². The second kappa shape index (κ2) is 8.81. The standard InChI is InChI=1S/C16H22N2O4/c1-4-18(5-2)15(20)10-17(3)16(21)12-22-14-8-6-13(11-19)7-9-14/h6-9,11H,4-5,10,12H2,1-3H3. The summed E-state index contributed by atoms with van der Waals surface area (Å²) in [6.07, 6.45) is 0.738. The van der Waals surface area contributed by atoms with Crippen LogP contribution in [-0.4, -0.2) is 61.2 Å². The Morgan fingerprint density at radius 3 is 2.18 bits per heavy atom. The van der Waals surface area contributed by atoms with Crippen molar-refractivity contribution >= 4 is 18.1 Å². The molecule has 0 aliphatic heterocycles. The Bertz CT molecular complexity index is 509. The monoisotopic (exact) mass is 306 g/mol. The van der Waals surface area contributed by atoms with Gasteiger partial charge in [-0.1, -0.05) is 0 Å². The van der Waals surface area contributed by atoms with Gasteiger partial charge < -0.3 is 14.5 Å². The maximum Gasteiger partial charge on any atom is 0.260 e. The van der Waals surface area contributed by atoms with Crippen LogP contribution in [0.25, 0.3) is 0 Å². The number of aldehydes is 1. The average Bonchev–Trinajstić information content (AvgIpc) is 2.54. The number of benzene rings is 1. The molecular weight excluding hydrogens is 284 g/mol. The van der Waals surface area contributed by atoms with Gasteiger partial charge in [0, 0.05) is 25.7 Å². The lowest BCUT2D eigenvalue weighted by atomic mass is 10.2. The molecule has 0 saturated carbocycles. The molecule has 6 nitrogen and oxygen atoms in total.